The number of para-hydroxylation sites is 2. The molecule has 0 spiro atoms. The lowest BCUT2D eigenvalue weighted by Gasteiger charge is -2.13. The molecule has 0 amide bonds. The summed E-state index contributed by atoms with van der Waals surface area (Å²) in [6.45, 7) is 7.85. The number of benzene rings is 4. The lowest BCUT2D eigenvalue weighted by atomic mass is 9.98. The number of pyridine rings is 1. The van der Waals surface area contributed by atoms with Gasteiger partial charge in [0, 0.05) is 27.5 Å². The molecule has 33 heavy (non-hydrogen) atoms. The van der Waals surface area contributed by atoms with E-state index in [9.17, 15) is 0 Å². The van der Waals surface area contributed by atoms with Gasteiger partial charge in [-0.25, -0.2) is 0 Å². The van der Waals surface area contributed by atoms with Crippen LogP contribution in [0.2, 0.25) is 0 Å². The van der Waals surface area contributed by atoms with Crippen LogP contribution in [0.25, 0.3) is 49.5 Å². The zero-order valence-electron chi connectivity index (χ0n) is 18.7. The normalized spacial score (nSPS) is 11.5. The summed E-state index contributed by atoms with van der Waals surface area (Å²) < 4.78 is 2.34. The van der Waals surface area contributed by atoms with E-state index in [1.807, 2.05) is 13.8 Å². The van der Waals surface area contributed by atoms with E-state index in [1.54, 1.807) is 0 Å². The molecule has 2 heterocycles. The van der Waals surface area contributed by atoms with Crippen LogP contribution in [0.3, 0.4) is 0 Å². The summed E-state index contributed by atoms with van der Waals surface area (Å²) in [4.78, 5) is 9.05. The first kappa shape index (κ1) is 19.4. The highest BCUT2D eigenvalue weighted by Gasteiger charge is 2.14. The molecule has 2 aromatic heterocycles. The minimum absolute atomic E-state index is 0.861. The predicted molar refractivity (Wildman–Crippen MR) is 140 cm³/mol. The zero-order valence-corrected chi connectivity index (χ0v) is 18.7. The molecule has 0 radical (unpaired) electrons. The van der Waals surface area contributed by atoms with Crippen molar-refractivity contribution in [2.24, 2.45) is 4.99 Å². The maximum absolute atomic E-state index is 4.78. The zero-order chi connectivity index (χ0) is 22.5. The van der Waals surface area contributed by atoms with E-state index < -0.39 is 0 Å². The van der Waals surface area contributed by atoms with Crippen LogP contribution in [0.4, 0.5) is 5.69 Å². The Kier molecular flexibility index (Phi) is 4.37. The Morgan fingerprint density at radius 3 is 2.00 bits per heavy atom. The van der Waals surface area contributed by atoms with Crippen molar-refractivity contribution < 1.29 is 0 Å². The average molecular weight is 426 g/mol. The molecule has 0 saturated heterocycles. The minimum atomic E-state index is 0.861. The average Bonchev–Trinajstić information content (AvgIpc) is 3.18. The van der Waals surface area contributed by atoms with Crippen molar-refractivity contribution in [2.75, 3.05) is 0 Å². The number of fused-ring (bicyclic) bond motifs is 4. The topological polar surface area (TPSA) is 30.2 Å². The van der Waals surface area contributed by atoms with Crippen LogP contribution in [-0.4, -0.2) is 16.3 Å². The number of aryl methyl sites for hydroxylation is 2. The van der Waals surface area contributed by atoms with E-state index in [0.717, 1.165) is 44.7 Å². The van der Waals surface area contributed by atoms with Gasteiger partial charge in [0.05, 0.1) is 22.2 Å². The molecule has 0 bridgehead atoms. The summed E-state index contributed by atoms with van der Waals surface area (Å²) in [5.41, 5.74) is 9.73. The molecule has 158 valence electrons. The molecule has 3 nitrogen and oxygen atoms in total. The Morgan fingerprint density at radius 2 is 1.36 bits per heavy atom. The molecule has 0 N–H and O–H groups in total. The Morgan fingerprint density at radius 1 is 0.727 bits per heavy atom. The predicted octanol–water partition coefficient (Wildman–Crippen LogP) is 7.95. The van der Waals surface area contributed by atoms with Gasteiger partial charge in [-0.05, 0) is 67.6 Å². The van der Waals surface area contributed by atoms with Gasteiger partial charge in [-0.15, -0.1) is 0 Å². The van der Waals surface area contributed by atoms with Crippen LogP contribution in [0, 0.1) is 13.8 Å². The van der Waals surface area contributed by atoms with Crippen LogP contribution in [0.1, 0.15) is 11.3 Å². The van der Waals surface area contributed by atoms with Crippen molar-refractivity contribution in [2.45, 2.75) is 13.8 Å². The summed E-state index contributed by atoms with van der Waals surface area (Å²) in [6, 6.07) is 32.4. The van der Waals surface area contributed by atoms with Crippen molar-refractivity contribution in [1.82, 2.24) is 9.55 Å². The first-order valence-electron chi connectivity index (χ1n) is 11.1. The fourth-order valence-corrected chi connectivity index (χ4v) is 4.94. The van der Waals surface area contributed by atoms with Crippen molar-refractivity contribution in [3.8, 4) is 16.8 Å². The van der Waals surface area contributed by atoms with Crippen molar-refractivity contribution in [3.63, 3.8) is 0 Å². The van der Waals surface area contributed by atoms with Gasteiger partial charge in [-0.3, -0.25) is 9.98 Å². The van der Waals surface area contributed by atoms with E-state index >= 15 is 0 Å². The third-order valence-electron chi connectivity index (χ3n) is 6.46. The highest BCUT2D eigenvalue weighted by atomic mass is 15.0. The van der Waals surface area contributed by atoms with Crippen LogP contribution < -0.4 is 0 Å². The number of nitrogens with zero attached hydrogens (tertiary/aromatic N) is 3. The standard InChI is InChI=1S/C30H23N3/c1-19-12-17-25-26(18-20(2)32-30(25)29(19)31-3)21-13-15-22(16-14-21)33-27-10-6-4-8-23(27)24-9-5-7-11-28(24)33/h4-18H,3H2,1-2H3. The van der Waals surface area contributed by atoms with E-state index in [0.29, 0.717) is 0 Å². The lowest BCUT2D eigenvalue weighted by Crippen LogP contribution is -1.94. The largest absolute Gasteiger partial charge is 0.309 e. The molecule has 0 unspecified atom stereocenters. The Labute approximate surface area is 192 Å². The number of hydrogen-bond donors (Lipinski definition) is 0. The minimum Gasteiger partial charge on any atom is -0.309 e. The molecule has 0 aliphatic heterocycles. The molecule has 0 aliphatic carbocycles. The van der Waals surface area contributed by atoms with Gasteiger partial charge >= 0.3 is 0 Å². The molecule has 0 saturated carbocycles. The number of hydrogen-bond acceptors (Lipinski definition) is 2. The number of rotatable bonds is 3. The van der Waals surface area contributed by atoms with Gasteiger partial charge in [0.15, 0.2) is 0 Å². The molecule has 3 heteroatoms. The molecular weight excluding hydrogens is 402 g/mol. The smallest absolute Gasteiger partial charge is 0.0970 e. The molecule has 4 aromatic carbocycles. The molecule has 0 atom stereocenters. The van der Waals surface area contributed by atoms with E-state index in [-0.39, 0.29) is 0 Å². The monoisotopic (exact) mass is 425 g/mol. The molecular formula is C30H23N3. The molecule has 6 rings (SSSR count). The van der Waals surface area contributed by atoms with Gasteiger partial charge in [0.1, 0.15) is 0 Å². The summed E-state index contributed by atoms with van der Waals surface area (Å²) >= 11 is 0. The molecule has 6 aromatic rings. The van der Waals surface area contributed by atoms with E-state index in [2.05, 4.69) is 107 Å². The maximum Gasteiger partial charge on any atom is 0.0970 e. The first-order chi connectivity index (χ1) is 16.2. The maximum atomic E-state index is 4.78. The highest BCUT2D eigenvalue weighted by molar-refractivity contribution is 6.09. The number of aromatic nitrogens is 2. The fraction of sp³-hybridized carbons (Fsp3) is 0.0667. The van der Waals surface area contributed by atoms with Gasteiger partial charge in [0.2, 0.25) is 0 Å². The SMILES string of the molecule is C=Nc1c(C)ccc2c(-c3ccc(-n4c5ccccc5c5ccccc54)cc3)cc(C)nc12. The van der Waals surface area contributed by atoms with E-state index in [1.165, 1.54) is 21.8 Å². The van der Waals surface area contributed by atoms with Gasteiger partial charge in [-0.2, -0.15) is 0 Å². The number of aliphatic imine (C=N–C) groups is 1. The molecule has 0 aliphatic rings. The van der Waals surface area contributed by atoms with Gasteiger partial charge in [-0.1, -0.05) is 60.7 Å². The Hall–Kier alpha value is -4.24. The second kappa shape index (κ2) is 7.42. The Bertz CT molecular complexity index is 1630. The van der Waals surface area contributed by atoms with E-state index in [4.69, 9.17) is 4.98 Å². The van der Waals surface area contributed by atoms with Crippen molar-refractivity contribution >= 4 is 45.1 Å². The fourth-order valence-electron chi connectivity index (χ4n) is 4.94. The second-order valence-corrected chi connectivity index (χ2v) is 8.51. The summed E-state index contributed by atoms with van der Waals surface area (Å²) in [5, 5.41) is 3.64. The molecule has 0 fully saturated rings. The third-order valence-corrected chi connectivity index (χ3v) is 6.46. The summed E-state index contributed by atoms with van der Waals surface area (Å²) in [7, 11) is 0. The van der Waals surface area contributed by atoms with Crippen LogP contribution >= 0.6 is 0 Å². The van der Waals surface area contributed by atoms with Crippen molar-refractivity contribution in [3.05, 3.63) is 102 Å². The van der Waals surface area contributed by atoms with Crippen LogP contribution in [0.15, 0.2) is 96.0 Å². The first-order valence-corrected chi connectivity index (χ1v) is 11.1. The summed E-state index contributed by atoms with van der Waals surface area (Å²) in [6.07, 6.45) is 0. The Balaban J connectivity index is 1.55. The second-order valence-electron chi connectivity index (χ2n) is 8.51. The van der Waals surface area contributed by atoms with Gasteiger partial charge < -0.3 is 4.57 Å². The lowest BCUT2D eigenvalue weighted by molar-refractivity contribution is 1.18. The quantitative estimate of drug-likeness (QED) is 0.265. The van der Waals surface area contributed by atoms with Gasteiger partial charge in [0.25, 0.3) is 0 Å². The third kappa shape index (κ3) is 2.97. The summed E-state index contributed by atoms with van der Waals surface area (Å²) in [5.74, 6) is 0. The highest BCUT2D eigenvalue weighted by Crippen LogP contribution is 2.36. The van der Waals surface area contributed by atoms with Crippen molar-refractivity contribution in [1.29, 1.82) is 0 Å². The van der Waals surface area contributed by atoms with Crippen LogP contribution in [0.5, 0.6) is 0 Å². The van der Waals surface area contributed by atoms with Crippen LogP contribution in [-0.2, 0) is 0 Å².